The molecular formula is C12H18N2O6S. The molecule has 1 rings (SSSR count). The van der Waals surface area contributed by atoms with Crippen LogP contribution in [-0.2, 0) is 14.8 Å². The van der Waals surface area contributed by atoms with Crippen molar-refractivity contribution >= 4 is 21.9 Å². The Kier molecular flexibility index (Phi) is 5.13. The number of aryl methyl sites for hydroxylation is 1. The van der Waals surface area contributed by atoms with E-state index in [1.807, 2.05) is 0 Å². The van der Waals surface area contributed by atoms with Gasteiger partial charge >= 0.3 is 5.97 Å². The molecule has 0 radical (unpaired) electrons. The third-order valence-electron chi connectivity index (χ3n) is 2.87. The average molecular weight is 318 g/mol. The van der Waals surface area contributed by atoms with Crippen molar-refractivity contribution in [3.63, 3.8) is 0 Å². The molecular weight excluding hydrogens is 300 g/mol. The van der Waals surface area contributed by atoms with E-state index in [0.29, 0.717) is 0 Å². The summed E-state index contributed by atoms with van der Waals surface area (Å²) in [6, 6.07) is 0.0333. The summed E-state index contributed by atoms with van der Waals surface area (Å²) in [5, 5.41) is 11.1. The van der Waals surface area contributed by atoms with Crippen LogP contribution in [0.4, 0.5) is 0 Å². The maximum Gasteiger partial charge on any atom is 0.326 e. The lowest BCUT2D eigenvalue weighted by Crippen LogP contribution is -2.40. The first-order chi connectivity index (χ1) is 9.61. The maximum atomic E-state index is 12.0. The fourth-order valence-corrected chi connectivity index (χ4v) is 2.65. The molecule has 1 heterocycles. The second-order valence-electron chi connectivity index (χ2n) is 4.59. The van der Waals surface area contributed by atoms with Gasteiger partial charge in [0.05, 0.1) is 0 Å². The first-order valence-electron chi connectivity index (χ1n) is 6.17. The SMILES string of the molecule is CCC(NC(=O)c1cc(S(=O)(=O)N(C)C)c(C)o1)C(=O)O. The van der Waals surface area contributed by atoms with Crippen molar-refractivity contribution in [3.05, 3.63) is 17.6 Å². The van der Waals surface area contributed by atoms with Crippen molar-refractivity contribution in [1.82, 2.24) is 9.62 Å². The largest absolute Gasteiger partial charge is 0.480 e. The van der Waals surface area contributed by atoms with Crippen LogP contribution in [0.25, 0.3) is 0 Å². The lowest BCUT2D eigenvalue weighted by Gasteiger charge is -2.10. The Morgan fingerprint density at radius 3 is 2.43 bits per heavy atom. The first-order valence-corrected chi connectivity index (χ1v) is 7.61. The molecule has 2 N–H and O–H groups in total. The molecule has 0 bridgehead atoms. The van der Waals surface area contributed by atoms with Crippen LogP contribution in [0.15, 0.2) is 15.4 Å². The van der Waals surface area contributed by atoms with Crippen LogP contribution in [-0.4, -0.2) is 49.8 Å². The molecule has 0 spiro atoms. The van der Waals surface area contributed by atoms with Gasteiger partial charge in [-0.2, -0.15) is 0 Å². The monoisotopic (exact) mass is 318 g/mol. The molecule has 1 aromatic rings. The van der Waals surface area contributed by atoms with Gasteiger partial charge in [0.2, 0.25) is 10.0 Å². The van der Waals surface area contributed by atoms with Gasteiger partial charge in [-0.1, -0.05) is 6.92 Å². The molecule has 1 aromatic heterocycles. The standard InChI is InChI=1S/C12H18N2O6S/c1-5-8(12(16)17)13-11(15)9-6-10(7(2)20-9)21(18,19)14(3)4/h6,8H,5H2,1-4H3,(H,13,15)(H,16,17). The van der Waals surface area contributed by atoms with E-state index < -0.39 is 27.9 Å². The highest BCUT2D eigenvalue weighted by atomic mass is 32.2. The Morgan fingerprint density at radius 1 is 1.43 bits per heavy atom. The van der Waals surface area contributed by atoms with E-state index in [-0.39, 0.29) is 22.8 Å². The van der Waals surface area contributed by atoms with Gasteiger partial charge in [-0.3, -0.25) is 4.79 Å². The van der Waals surface area contributed by atoms with Gasteiger partial charge in [0.1, 0.15) is 16.7 Å². The third-order valence-corrected chi connectivity index (χ3v) is 4.79. The zero-order chi connectivity index (χ0) is 16.4. The Morgan fingerprint density at radius 2 is 2.00 bits per heavy atom. The number of amides is 1. The van der Waals surface area contributed by atoms with Crippen molar-refractivity contribution in [2.24, 2.45) is 0 Å². The summed E-state index contributed by atoms with van der Waals surface area (Å²) in [5.41, 5.74) is 0. The van der Waals surface area contributed by atoms with Gasteiger partial charge in [0.25, 0.3) is 5.91 Å². The van der Waals surface area contributed by atoms with Crippen LogP contribution in [0, 0.1) is 6.92 Å². The number of carboxylic acids is 1. The number of rotatable bonds is 6. The van der Waals surface area contributed by atoms with Crippen molar-refractivity contribution < 1.29 is 27.5 Å². The van der Waals surface area contributed by atoms with Gasteiger partial charge in [-0.15, -0.1) is 0 Å². The molecule has 0 fully saturated rings. The van der Waals surface area contributed by atoms with Crippen LogP contribution in [0.5, 0.6) is 0 Å². The van der Waals surface area contributed by atoms with Crippen LogP contribution in [0.3, 0.4) is 0 Å². The van der Waals surface area contributed by atoms with Crippen molar-refractivity contribution in [3.8, 4) is 0 Å². The molecule has 1 unspecified atom stereocenters. The van der Waals surface area contributed by atoms with E-state index in [4.69, 9.17) is 9.52 Å². The topological polar surface area (TPSA) is 117 Å². The number of aliphatic carboxylic acids is 1. The van der Waals surface area contributed by atoms with Crippen molar-refractivity contribution in [2.75, 3.05) is 14.1 Å². The third kappa shape index (κ3) is 3.61. The molecule has 0 aliphatic heterocycles. The van der Waals surface area contributed by atoms with Crippen molar-refractivity contribution in [2.45, 2.75) is 31.2 Å². The fourth-order valence-electron chi connectivity index (χ4n) is 1.60. The molecule has 1 amide bonds. The number of carbonyl (C=O) groups excluding carboxylic acids is 1. The summed E-state index contributed by atoms with van der Waals surface area (Å²) in [4.78, 5) is 22.7. The molecule has 0 saturated heterocycles. The molecule has 118 valence electrons. The number of carbonyl (C=O) groups is 2. The highest BCUT2D eigenvalue weighted by Gasteiger charge is 2.27. The van der Waals surface area contributed by atoms with E-state index in [1.54, 1.807) is 6.92 Å². The molecule has 1 atom stereocenters. The quantitative estimate of drug-likeness (QED) is 0.785. The second-order valence-corrected chi connectivity index (χ2v) is 6.71. The highest BCUT2D eigenvalue weighted by molar-refractivity contribution is 7.89. The van der Waals surface area contributed by atoms with E-state index >= 15 is 0 Å². The van der Waals surface area contributed by atoms with E-state index in [2.05, 4.69) is 5.32 Å². The number of hydrogen-bond acceptors (Lipinski definition) is 5. The maximum absolute atomic E-state index is 12.0. The lowest BCUT2D eigenvalue weighted by molar-refractivity contribution is -0.139. The first kappa shape index (κ1) is 17.2. The number of carboxylic acid groups (broad SMARTS) is 1. The van der Waals surface area contributed by atoms with Gasteiger partial charge in [-0.05, 0) is 13.3 Å². The summed E-state index contributed by atoms with van der Waals surface area (Å²) in [6.07, 6.45) is 0.198. The molecule has 21 heavy (non-hydrogen) atoms. The van der Waals surface area contributed by atoms with Gasteiger partial charge in [-0.25, -0.2) is 17.5 Å². The Bertz CT molecular complexity index is 647. The Hall–Kier alpha value is -1.87. The Labute approximate surface area is 122 Å². The smallest absolute Gasteiger partial charge is 0.326 e. The van der Waals surface area contributed by atoms with Gasteiger partial charge in [0, 0.05) is 20.2 Å². The minimum Gasteiger partial charge on any atom is -0.480 e. The predicted molar refractivity (Wildman–Crippen MR) is 73.5 cm³/mol. The number of nitrogens with zero attached hydrogens (tertiary/aromatic N) is 1. The molecule has 0 saturated carbocycles. The molecule has 0 aromatic carbocycles. The van der Waals surface area contributed by atoms with Crippen LogP contribution < -0.4 is 5.32 Å². The van der Waals surface area contributed by atoms with Gasteiger partial charge in [0.15, 0.2) is 5.76 Å². The predicted octanol–water partition coefficient (Wildman–Crippen LogP) is 0.431. The number of nitrogens with one attached hydrogen (secondary N) is 1. The van der Waals surface area contributed by atoms with Crippen LogP contribution in [0.2, 0.25) is 0 Å². The van der Waals surface area contributed by atoms with E-state index in [1.165, 1.54) is 21.0 Å². The summed E-state index contributed by atoms with van der Waals surface area (Å²) in [7, 11) is -1.01. The minimum atomic E-state index is -3.73. The minimum absolute atomic E-state index is 0.0669. The van der Waals surface area contributed by atoms with E-state index in [9.17, 15) is 18.0 Å². The molecule has 0 aliphatic carbocycles. The summed E-state index contributed by atoms with van der Waals surface area (Å²) < 4.78 is 30.2. The summed E-state index contributed by atoms with van der Waals surface area (Å²) in [6.45, 7) is 3.02. The zero-order valence-corrected chi connectivity index (χ0v) is 13.0. The fraction of sp³-hybridized carbons (Fsp3) is 0.500. The normalized spacial score (nSPS) is 13.2. The van der Waals surface area contributed by atoms with Crippen LogP contribution >= 0.6 is 0 Å². The summed E-state index contributed by atoms with van der Waals surface area (Å²) >= 11 is 0. The van der Waals surface area contributed by atoms with Crippen molar-refractivity contribution in [1.29, 1.82) is 0 Å². The second kappa shape index (κ2) is 6.27. The number of sulfonamides is 1. The van der Waals surface area contributed by atoms with E-state index in [0.717, 1.165) is 10.4 Å². The van der Waals surface area contributed by atoms with Crippen LogP contribution in [0.1, 0.15) is 29.7 Å². The molecule has 8 nitrogen and oxygen atoms in total. The Balaban J connectivity index is 3.08. The number of hydrogen-bond donors (Lipinski definition) is 2. The lowest BCUT2D eigenvalue weighted by atomic mass is 10.2. The highest BCUT2D eigenvalue weighted by Crippen LogP contribution is 2.22. The molecule has 9 heteroatoms. The van der Waals surface area contributed by atoms with Gasteiger partial charge < -0.3 is 14.8 Å². The number of furan rings is 1. The summed E-state index contributed by atoms with van der Waals surface area (Å²) in [5.74, 6) is -2.12. The average Bonchev–Trinajstić information content (AvgIpc) is 2.77. The zero-order valence-electron chi connectivity index (χ0n) is 12.2. The molecule has 0 aliphatic rings.